The number of hydrogen-bond donors (Lipinski definition) is 2. The van der Waals surface area contributed by atoms with E-state index in [1.807, 2.05) is 62.4 Å². The van der Waals surface area contributed by atoms with Gasteiger partial charge < -0.3 is 32.1 Å². The summed E-state index contributed by atoms with van der Waals surface area (Å²) in [6.45, 7) is 7.86. The van der Waals surface area contributed by atoms with Gasteiger partial charge in [0, 0.05) is 16.4 Å². The van der Waals surface area contributed by atoms with Crippen molar-refractivity contribution in [3.8, 4) is 17.2 Å². The minimum absolute atomic E-state index is 0. The number of carbonyl (C=O) groups excluding carboxylic acids is 2. The number of hydrogen-bond acceptors (Lipinski definition) is 6. The van der Waals surface area contributed by atoms with E-state index >= 15 is 0 Å². The Kier molecular flexibility index (Phi) is 11.7. The number of esters is 2. The second-order valence-electron chi connectivity index (χ2n) is 10.8. The standard InChI is InChI=1S/C22H14Cl2O3.C8H2Cl2O3.C7H8O.ClH/c1-11-3-5-13-19(7-11)27-20-8-12(2)4-6-14(20)21(13)15-9-17(23)18(24)10-16(15)22(25)26;9-5-1-3-4(2-6(5)10)8(12)13-7(3)11;1-6-3-2-4-7(8)5-6;/h3-10H,1H2,2H3,(H,25,26);1-2H;2-5,8H,1H3;1H/p-1. The number of phenols is 1. The van der Waals surface area contributed by atoms with Crippen LogP contribution in [0.15, 0.2) is 84.9 Å². The summed E-state index contributed by atoms with van der Waals surface area (Å²) in [4.78, 5) is 33.9. The maximum Gasteiger partial charge on any atom is 0.346 e. The fraction of sp³-hybridized carbons (Fsp3) is 0.0541. The average Bonchev–Trinajstić information content (AvgIpc) is 3.29. The van der Waals surface area contributed by atoms with Gasteiger partial charge in [0.05, 0.1) is 36.8 Å². The van der Waals surface area contributed by atoms with Crippen molar-refractivity contribution >= 4 is 76.5 Å². The summed E-state index contributed by atoms with van der Waals surface area (Å²) in [5, 5.41) is 21.1. The quantitative estimate of drug-likeness (QED) is 0.171. The molecule has 0 aliphatic carbocycles. The molecule has 0 radical (unpaired) electrons. The molecule has 250 valence electrons. The van der Waals surface area contributed by atoms with E-state index in [1.54, 1.807) is 18.2 Å². The maximum absolute atomic E-state index is 11.9. The Morgan fingerprint density at radius 2 is 1.22 bits per heavy atom. The van der Waals surface area contributed by atoms with Gasteiger partial charge in [-0.05, 0) is 84.3 Å². The number of ether oxygens (including phenoxy) is 2. The van der Waals surface area contributed by atoms with E-state index in [0.29, 0.717) is 27.8 Å². The van der Waals surface area contributed by atoms with Gasteiger partial charge in [-0.3, -0.25) is 0 Å². The summed E-state index contributed by atoms with van der Waals surface area (Å²) < 4.78 is 10.4. The Morgan fingerprint density at radius 1 is 0.653 bits per heavy atom. The Labute approximate surface area is 307 Å². The smallest absolute Gasteiger partial charge is 0.346 e. The van der Waals surface area contributed by atoms with E-state index in [0.717, 1.165) is 32.7 Å². The molecule has 2 heterocycles. The van der Waals surface area contributed by atoms with Crippen LogP contribution in [0.4, 0.5) is 0 Å². The molecule has 0 saturated carbocycles. The molecule has 49 heavy (non-hydrogen) atoms. The summed E-state index contributed by atoms with van der Waals surface area (Å²) >= 11 is 23.6. The first-order valence-electron chi connectivity index (χ1n) is 14.1. The topological polar surface area (TPSA) is 110 Å². The largest absolute Gasteiger partial charge is 1.00 e. The fourth-order valence-electron chi connectivity index (χ4n) is 4.97. The Bertz CT molecular complexity index is 2210. The molecular formula is C37H24Cl5O7-. The van der Waals surface area contributed by atoms with Crippen molar-refractivity contribution in [3.05, 3.63) is 154 Å². The van der Waals surface area contributed by atoms with E-state index in [1.165, 1.54) is 18.2 Å². The fourth-order valence-corrected chi connectivity index (χ4v) is 5.62. The molecule has 0 fully saturated rings. The van der Waals surface area contributed by atoms with Gasteiger partial charge in [0.2, 0.25) is 0 Å². The van der Waals surface area contributed by atoms with Crippen molar-refractivity contribution in [1.82, 2.24) is 0 Å². The first kappa shape index (κ1) is 37.3. The van der Waals surface area contributed by atoms with E-state index in [2.05, 4.69) is 11.3 Å². The SMILES string of the molecule is C=c1ccc2c(c1)Oc1cc(C)ccc1C=2c1cc(Cl)c(Cl)cc1C(=O)O.Cc1cccc(O)c1.O=C1OC(=O)c2cc(Cl)c(Cl)cc21.[Cl-]. The number of aromatic carboxylic acids is 1. The molecule has 0 atom stereocenters. The van der Waals surface area contributed by atoms with E-state index in [9.17, 15) is 19.5 Å². The average molecular weight is 758 g/mol. The van der Waals surface area contributed by atoms with Gasteiger partial charge in [-0.25, -0.2) is 14.4 Å². The third-order valence-electron chi connectivity index (χ3n) is 7.19. The predicted molar refractivity (Wildman–Crippen MR) is 187 cm³/mol. The van der Waals surface area contributed by atoms with E-state index in [4.69, 9.17) is 56.2 Å². The van der Waals surface area contributed by atoms with Crippen molar-refractivity contribution < 1.29 is 46.5 Å². The Hall–Kier alpha value is -4.50. The van der Waals surface area contributed by atoms with Crippen LogP contribution in [0.5, 0.6) is 17.2 Å². The number of carboxylic acid groups (broad SMARTS) is 1. The van der Waals surface area contributed by atoms with Gasteiger partial charge in [-0.15, -0.1) is 0 Å². The van der Waals surface area contributed by atoms with Gasteiger partial charge in [0.25, 0.3) is 0 Å². The lowest BCUT2D eigenvalue weighted by Gasteiger charge is -2.22. The summed E-state index contributed by atoms with van der Waals surface area (Å²) in [5.74, 6) is -0.822. The lowest BCUT2D eigenvalue weighted by atomic mass is 9.89. The summed E-state index contributed by atoms with van der Waals surface area (Å²) in [7, 11) is 0. The van der Waals surface area contributed by atoms with Crippen molar-refractivity contribution in [2.75, 3.05) is 0 Å². The first-order valence-corrected chi connectivity index (χ1v) is 15.6. The molecule has 0 bridgehead atoms. The number of benzene rings is 5. The minimum Gasteiger partial charge on any atom is -1.00 e. The number of aromatic hydroxyl groups is 1. The number of rotatable bonds is 2. The lowest BCUT2D eigenvalue weighted by Crippen LogP contribution is -3.00. The van der Waals surface area contributed by atoms with Crippen LogP contribution in [0.3, 0.4) is 0 Å². The highest BCUT2D eigenvalue weighted by molar-refractivity contribution is 6.43. The summed E-state index contributed by atoms with van der Waals surface area (Å²) in [5.41, 5.74) is 4.56. The second-order valence-corrected chi connectivity index (χ2v) is 12.4. The molecule has 5 aromatic rings. The molecule has 0 unspecified atom stereocenters. The molecule has 0 amide bonds. The van der Waals surface area contributed by atoms with Gasteiger partial charge in [0.1, 0.15) is 17.2 Å². The van der Waals surface area contributed by atoms with Gasteiger partial charge in [-0.1, -0.05) is 89.4 Å². The van der Waals surface area contributed by atoms with E-state index in [-0.39, 0.29) is 44.2 Å². The van der Waals surface area contributed by atoms with Gasteiger partial charge >= 0.3 is 17.9 Å². The van der Waals surface area contributed by atoms with Crippen molar-refractivity contribution in [2.24, 2.45) is 0 Å². The molecule has 0 aromatic heterocycles. The third-order valence-corrected chi connectivity index (χ3v) is 8.63. The summed E-state index contributed by atoms with van der Waals surface area (Å²) in [6.07, 6.45) is 0. The second kappa shape index (κ2) is 15.4. The molecule has 2 N–H and O–H groups in total. The number of halogens is 5. The van der Waals surface area contributed by atoms with E-state index < -0.39 is 17.9 Å². The Balaban J connectivity index is 0.000000203. The van der Waals surface area contributed by atoms with Crippen LogP contribution < -0.4 is 27.6 Å². The normalized spacial score (nSPS) is 12.0. The zero-order valence-corrected chi connectivity index (χ0v) is 29.4. The van der Waals surface area contributed by atoms with Crippen LogP contribution in [-0.2, 0) is 4.74 Å². The number of carboxylic acids is 1. The van der Waals surface area contributed by atoms with Crippen LogP contribution in [0.1, 0.15) is 53.3 Å². The molecule has 2 aliphatic heterocycles. The highest BCUT2D eigenvalue weighted by Gasteiger charge is 2.30. The molecule has 7 nitrogen and oxygen atoms in total. The maximum atomic E-state index is 11.9. The summed E-state index contributed by atoms with van der Waals surface area (Å²) in [6, 6.07) is 24.2. The van der Waals surface area contributed by atoms with Crippen LogP contribution in [0.2, 0.25) is 20.1 Å². The molecular weight excluding hydrogens is 734 g/mol. The van der Waals surface area contributed by atoms with Gasteiger partial charge in [-0.2, -0.15) is 0 Å². The molecule has 2 aliphatic rings. The molecule has 5 aromatic carbocycles. The molecule has 7 rings (SSSR count). The highest BCUT2D eigenvalue weighted by Crippen LogP contribution is 2.39. The zero-order chi connectivity index (χ0) is 34.9. The minimum atomic E-state index is -1.08. The Morgan fingerprint density at radius 3 is 1.78 bits per heavy atom. The number of carbonyl (C=O) groups is 3. The van der Waals surface area contributed by atoms with Gasteiger partial charge in [0.15, 0.2) is 0 Å². The number of aryl methyl sites for hydroxylation is 2. The zero-order valence-electron chi connectivity index (χ0n) is 25.6. The number of cyclic esters (lactones) is 2. The predicted octanol–water partition coefficient (Wildman–Crippen LogP) is 5.77. The number of phenolic OH excluding ortho intramolecular Hbond substituents is 1. The van der Waals surface area contributed by atoms with Crippen molar-refractivity contribution in [3.63, 3.8) is 0 Å². The first-order chi connectivity index (χ1) is 22.7. The number of fused-ring (bicyclic) bond motifs is 3. The lowest BCUT2D eigenvalue weighted by molar-refractivity contribution is -0.0000645. The van der Waals surface area contributed by atoms with Crippen LogP contribution in [0.25, 0.3) is 12.2 Å². The molecule has 0 spiro atoms. The third kappa shape index (κ3) is 8.21. The van der Waals surface area contributed by atoms with Crippen molar-refractivity contribution in [2.45, 2.75) is 13.8 Å². The monoisotopic (exact) mass is 755 g/mol. The van der Waals surface area contributed by atoms with Crippen LogP contribution >= 0.6 is 46.4 Å². The van der Waals surface area contributed by atoms with Crippen LogP contribution in [0, 0.1) is 13.8 Å². The molecule has 12 heteroatoms. The molecule has 0 saturated heterocycles. The van der Waals surface area contributed by atoms with Crippen molar-refractivity contribution in [1.29, 1.82) is 0 Å². The van der Waals surface area contributed by atoms with Crippen LogP contribution in [-0.4, -0.2) is 28.1 Å². The highest BCUT2D eigenvalue weighted by atomic mass is 35.5.